The number of hydrogen-bond acceptors (Lipinski definition) is 22. The lowest BCUT2D eigenvalue weighted by molar-refractivity contribution is -0.145. The molecule has 1 heterocycles. The van der Waals surface area contributed by atoms with Crippen LogP contribution in [0.2, 0.25) is 0 Å². The maximum Gasteiger partial charge on any atom is 0.409 e. The number of carbonyl (C=O) groups is 11. The Bertz CT molecular complexity index is 3110. The third-order valence-corrected chi connectivity index (χ3v) is 14.2. The number of ketones is 3. The standard InChI is InChI=1S/C59H73N7O22/c1-34(2)51(63-43(70)16-21-83-23-25-85-27-28-86-26-24-84-22-17-60-42(69)15-18-66-45(72)13-14-46(66)73)56(78)61-31-44(71)62-36-11-9-35(10-12-36)32-87-57(79)64(3)19-20-65(4)58(80)88-33-41(68)59(81)29-38-47(39(67)30-59)54(76)50-49(53(38)75)52(74)37-7-6-8-40(82-5)48(37)55(50)77/h6-14,34,39,51,67,75-76,81H,15-33H2,1-5H3,(H,60,69)(H,61,78)(H,62,71)(H,63,70)/t39-,51?,59-/m0/s1. The van der Waals surface area contributed by atoms with Gasteiger partial charge in [-0.05, 0) is 29.7 Å². The number of likely N-dealkylation sites (N-methyl/N-ethyl adjacent to an activating group) is 2. The molecule has 0 saturated heterocycles. The molecule has 6 rings (SSSR count). The number of aliphatic hydroxyl groups is 2. The van der Waals surface area contributed by atoms with Crippen LogP contribution in [0.3, 0.4) is 0 Å². The van der Waals surface area contributed by atoms with E-state index in [0.717, 1.165) is 22.0 Å². The van der Waals surface area contributed by atoms with Gasteiger partial charge >= 0.3 is 12.2 Å². The molecule has 29 heteroatoms. The molecule has 8 N–H and O–H groups in total. The minimum Gasteiger partial charge on any atom is -0.507 e. The highest BCUT2D eigenvalue weighted by molar-refractivity contribution is 6.31. The molecule has 29 nitrogen and oxygen atoms in total. The van der Waals surface area contributed by atoms with Gasteiger partial charge in [-0.1, -0.05) is 38.1 Å². The van der Waals surface area contributed by atoms with Gasteiger partial charge in [-0.15, -0.1) is 0 Å². The van der Waals surface area contributed by atoms with E-state index in [1.54, 1.807) is 38.1 Å². The number of aliphatic hydroxyl groups excluding tert-OH is 1. The summed E-state index contributed by atoms with van der Waals surface area (Å²) in [6.07, 6.45) is -2.76. The number of rotatable bonds is 33. The van der Waals surface area contributed by atoms with Gasteiger partial charge in [0, 0.05) is 100 Å². The lowest BCUT2D eigenvalue weighted by atomic mass is 9.72. The number of methoxy groups -OCH3 is 1. The van der Waals surface area contributed by atoms with E-state index in [4.69, 9.17) is 33.2 Å². The van der Waals surface area contributed by atoms with Crippen LogP contribution in [0.25, 0.3) is 0 Å². The topological polar surface area (TPSA) is 391 Å². The molecule has 0 fully saturated rings. The zero-order chi connectivity index (χ0) is 64.2. The molecule has 2 aliphatic carbocycles. The lowest BCUT2D eigenvalue weighted by Gasteiger charge is -2.37. The van der Waals surface area contributed by atoms with Crippen molar-refractivity contribution in [2.75, 3.05) is 119 Å². The molecular weight excluding hydrogens is 1160 g/mol. The number of carbonyl (C=O) groups excluding carboxylic acids is 11. The number of fused-ring (bicyclic) bond motifs is 3. The van der Waals surface area contributed by atoms with Crippen molar-refractivity contribution >= 4 is 70.7 Å². The Labute approximate surface area is 505 Å². The van der Waals surface area contributed by atoms with Crippen molar-refractivity contribution in [3.8, 4) is 17.2 Å². The van der Waals surface area contributed by atoms with Crippen LogP contribution in [-0.2, 0) is 75.0 Å². The molecule has 3 aromatic carbocycles. The minimum atomic E-state index is -2.46. The summed E-state index contributed by atoms with van der Waals surface area (Å²) in [4.78, 5) is 143. The zero-order valence-corrected chi connectivity index (χ0v) is 49.3. The maximum absolute atomic E-state index is 13.6. The van der Waals surface area contributed by atoms with E-state index < -0.39 is 125 Å². The SMILES string of the molecule is COc1cccc2c1C(=O)c1c(O)c3c(c(O)c1C2=O)C[C@@](O)(C(=O)COC(=O)N(C)CCN(C)C(=O)OCc1ccc(NC(=O)CNC(=O)C(NC(=O)CCOCCOCCOCCOCCNC(=O)CCN2C(=O)C=CC2=O)C(C)C)cc1)C[C@@H]3O. The Morgan fingerprint density at radius 1 is 0.705 bits per heavy atom. The highest BCUT2D eigenvalue weighted by atomic mass is 16.6. The summed E-state index contributed by atoms with van der Waals surface area (Å²) < 4.78 is 37.5. The number of aromatic hydroxyl groups is 2. The molecule has 1 aliphatic heterocycles. The van der Waals surface area contributed by atoms with Crippen molar-refractivity contribution in [2.24, 2.45) is 5.92 Å². The number of Topliss-reactive ketones (excluding diaryl/α,β-unsaturated/α-hetero) is 1. The van der Waals surface area contributed by atoms with Gasteiger partial charge in [-0.25, -0.2) is 9.59 Å². The second-order valence-electron chi connectivity index (χ2n) is 20.9. The number of amides is 8. The molecule has 88 heavy (non-hydrogen) atoms. The number of nitrogens with zero attached hydrogens (tertiary/aromatic N) is 3. The predicted molar refractivity (Wildman–Crippen MR) is 306 cm³/mol. The van der Waals surface area contributed by atoms with E-state index in [0.29, 0.717) is 37.7 Å². The number of phenolic OH excluding ortho intramolecular Hbond substituents is 2. The summed E-state index contributed by atoms with van der Waals surface area (Å²) >= 11 is 0. The Kier molecular flexibility index (Phi) is 25.0. The van der Waals surface area contributed by atoms with Gasteiger partial charge in [0.2, 0.25) is 35.2 Å². The summed E-state index contributed by atoms with van der Waals surface area (Å²) in [6.45, 7) is 4.00. The molecule has 3 aromatic rings. The van der Waals surface area contributed by atoms with Crippen LogP contribution in [0.15, 0.2) is 54.6 Å². The summed E-state index contributed by atoms with van der Waals surface area (Å²) in [7, 11) is 4.02. The Morgan fingerprint density at radius 3 is 1.91 bits per heavy atom. The highest BCUT2D eigenvalue weighted by Crippen LogP contribution is 2.51. The van der Waals surface area contributed by atoms with Crippen LogP contribution in [0, 0.1) is 5.92 Å². The molecular formula is C59H73N7O22. The number of nitrogens with one attached hydrogen (secondary N) is 4. The summed E-state index contributed by atoms with van der Waals surface area (Å²) in [5.41, 5.74) is -3.66. The lowest BCUT2D eigenvalue weighted by Crippen LogP contribution is -2.51. The Morgan fingerprint density at radius 2 is 1.30 bits per heavy atom. The van der Waals surface area contributed by atoms with E-state index in [2.05, 4.69) is 21.3 Å². The van der Waals surface area contributed by atoms with E-state index in [9.17, 15) is 73.2 Å². The molecule has 3 aliphatic rings. The van der Waals surface area contributed by atoms with Gasteiger partial charge in [0.05, 0.1) is 89.3 Å². The van der Waals surface area contributed by atoms with E-state index in [1.807, 2.05) is 0 Å². The fourth-order valence-corrected chi connectivity index (χ4v) is 9.36. The number of ether oxygens (including phenoxy) is 7. The van der Waals surface area contributed by atoms with Crippen molar-refractivity contribution in [1.82, 2.24) is 30.7 Å². The number of hydrogen-bond donors (Lipinski definition) is 8. The van der Waals surface area contributed by atoms with Crippen molar-refractivity contribution in [2.45, 2.75) is 63.9 Å². The van der Waals surface area contributed by atoms with E-state index in [-0.39, 0.29) is 112 Å². The minimum absolute atomic E-state index is 0.00467. The first-order valence-electron chi connectivity index (χ1n) is 28.1. The first-order chi connectivity index (χ1) is 42.0. The molecule has 3 atom stereocenters. The fourth-order valence-electron chi connectivity index (χ4n) is 9.36. The fraction of sp³-hybridized carbons (Fsp3) is 0.475. The normalized spacial score (nSPS) is 16.0. The third-order valence-electron chi connectivity index (χ3n) is 14.2. The van der Waals surface area contributed by atoms with Crippen LogP contribution >= 0.6 is 0 Å². The zero-order valence-electron chi connectivity index (χ0n) is 49.3. The molecule has 0 aromatic heterocycles. The predicted octanol–water partition coefficient (Wildman–Crippen LogP) is 0.582. The second-order valence-corrected chi connectivity index (χ2v) is 20.9. The van der Waals surface area contributed by atoms with Gasteiger partial charge in [0.1, 0.15) is 35.5 Å². The number of imide groups is 1. The number of phenols is 2. The molecule has 1 unspecified atom stereocenters. The number of benzene rings is 3. The first-order valence-corrected chi connectivity index (χ1v) is 28.1. The molecule has 0 bridgehead atoms. The Balaban J connectivity index is 0.795. The van der Waals surface area contributed by atoms with Gasteiger partial charge in [-0.3, -0.25) is 48.1 Å². The molecule has 476 valence electrons. The average molecular weight is 1230 g/mol. The van der Waals surface area contributed by atoms with E-state index >= 15 is 0 Å². The number of anilines is 1. The van der Waals surface area contributed by atoms with Gasteiger partial charge in [0.25, 0.3) is 11.8 Å². The van der Waals surface area contributed by atoms with Crippen molar-refractivity contribution in [3.63, 3.8) is 0 Å². The van der Waals surface area contributed by atoms with Gasteiger partial charge in [0.15, 0.2) is 12.4 Å². The monoisotopic (exact) mass is 1230 g/mol. The molecule has 8 amide bonds. The largest absolute Gasteiger partial charge is 0.507 e. The van der Waals surface area contributed by atoms with Crippen molar-refractivity contribution in [3.05, 3.63) is 93.6 Å². The molecule has 0 radical (unpaired) electrons. The van der Waals surface area contributed by atoms with Crippen LogP contribution in [-0.4, -0.2) is 225 Å². The van der Waals surface area contributed by atoms with Crippen LogP contribution in [0.5, 0.6) is 17.2 Å². The molecule has 0 spiro atoms. The van der Waals surface area contributed by atoms with Crippen LogP contribution in [0.1, 0.15) is 87.7 Å². The summed E-state index contributed by atoms with van der Waals surface area (Å²) in [5.74, 6) is -7.43. The second kappa shape index (κ2) is 32.2. The average Bonchev–Trinajstić information content (AvgIpc) is 0.807. The van der Waals surface area contributed by atoms with E-state index in [1.165, 1.54) is 44.3 Å². The van der Waals surface area contributed by atoms with Crippen molar-refractivity contribution < 1.29 is 106 Å². The van der Waals surface area contributed by atoms with Gasteiger partial charge < -0.3 is 84.7 Å². The summed E-state index contributed by atoms with van der Waals surface area (Å²) in [6, 6.07) is 9.59. The smallest absolute Gasteiger partial charge is 0.409 e. The van der Waals surface area contributed by atoms with Crippen LogP contribution in [0.4, 0.5) is 15.3 Å². The van der Waals surface area contributed by atoms with Crippen LogP contribution < -0.4 is 26.0 Å². The first kappa shape index (κ1) is 68.2. The van der Waals surface area contributed by atoms with Gasteiger partial charge in [-0.2, -0.15) is 0 Å². The Hall–Kier alpha value is -8.87. The highest BCUT2D eigenvalue weighted by Gasteiger charge is 2.49. The quantitative estimate of drug-likeness (QED) is 0.0184. The van der Waals surface area contributed by atoms with Crippen molar-refractivity contribution in [1.29, 1.82) is 0 Å². The summed E-state index contributed by atoms with van der Waals surface area (Å²) in [5, 5.41) is 55.7. The third kappa shape index (κ3) is 18.1. The maximum atomic E-state index is 13.6. The molecule has 0 saturated carbocycles.